The first kappa shape index (κ1) is 12.3. The number of hydrogen-bond donors (Lipinski definition) is 1. The van der Waals surface area contributed by atoms with Gasteiger partial charge in [0.05, 0.1) is 7.11 Å². The Bertz CT molecular complexity index is 525. The number of methoxy groups -OCH3 is 1. The second-order valence-electron chi connectivity index (χ2n) is 4.11. The number of rotatable bonds is 4. The molecule has 0 aliphatic carbocycles. The minimum Gasteiger partial charge on any atom is -0.497 e. The van der Waals surface area contributed by atoms with Crippen LogP contribution >= 0.6 is 0 Å². The van der Waals surface area contributed by atoms with Crippen molar-refractivity contribution in [3.63, 3.8) is 0 Å². The Morgan fingerprint density at radius 2 is 1.72 bits per heavy atom. The van der Waals surface area contributed by atoms with Gasteiger partial charge in [-0.2, -0.15) is 0 Å². The van der Waals surface area contributed by atoms with Crippen LogP contribution < -0.4 is 15.2 Å². The zero-order chi connectivity index (χ0) is 13.0. The number of nitrogens with two attached hydrogens (primary N) is 1. The van der Waals surface area contributed by atoms with Crippen LogP contribution in [0, 0.1) is 0 Å². The van der Waals surface area contributed by atoms with Crippen LogP contribution in [0.3, 0.4) is 0 Å². The normalized spacial score (nSPS) is 11.9. The first-order chi connectivity index (χ1) is 8.69. The molecule has 1 unspecified atom stereocenters. The number of anilines is 1. The molecule has 0 aromatic heterocycles. The van der Waals surface area contributed by atoms with Gasteiger partial charge in [-0.3, -0.25) is 0 Å². The Kier molecular flexibility index (Phi) is 3.72. The topological polar surface area (TPSA) is 44.5 Å². The van der Waals surface area contributed by atoms with Gasteiger partial charge in [0, 0.05) is 11.8 Å². The van der Waals surface area contributed by atoms with Crippen molar-refractivity contribution in [1.29, 1.82) is 0 Å². The van der Waals surface area contributed by atoms with Gasteiger partial charge in [0.15, 0.2) is 0 Å². The Balaban J connectivity index is 2.13. The van der Waals surface area contributed by atoms with Crippen molar-refractivity contribution in [2.24, 2.45) is 0 Å². The van der Waals surface area contributed by atoms with Crippen molar-refractivity contribution in [2.75, 3.05) is 12.8 Å². The molecule has 1 atom stereocenters. The Labute approximate surface area is 107 Å². The fourth-order valence-electron chi connectivity index (χ4n) is 1.76. The predicted octanol–water partition coefficient (Wildman–Crippen LogP) is 3.42. The summed E-state index contributed by atoms with van der Waals surface area (Å²) in [6.07, 6.45) is -0.0550. The number of benzene rings is 2. The highest BCUT2D eigenvalue weighted by molar-refractivity contribution is 5.41. The lowest BCUT2D eigenvalue weighted by atomic mass is 10.1. The highest BCUT2D eigenvalue weighted by Crippen LogP contribution is 2.25. The van der Waals surface area contributed by atoms with Crippen molar-refractivity contribution in [2.45, 2.75) is 13.0 Å². The van der Waals surface area contributed by atoms with Gasteiger partial charge in [-0.1, -0.05) is 18.2 Å². The number of nitrogen functional groups attached to an aromatic ring is 1. The monoisotopic (exact) mass is 243 g/mol. The van der Waals surface area contributed by atoms with Crippen LogP contribution in [0.15, 0.2) is 48.5 Å². The summed E-state index contributed by atoms with van der Waals surface area (Å²) < 4.78 is 11.0. The van der Waals surface area contributed by atoms with E-state index in [1.54, 1.807) is 7.11 Å². The number of hydrogen-bond acceptors (Lipinski definition) is 3. The van der Waals surface area contributed by atoms with E-state index >= 15 is 0 Å². The standard InChI is InChI=1S/C15H17NO2/c1-11(12-5-3-6-13(16)9-12)18-15-8-4-7-14(10-15)17-2/h3-11H,16H2,1-2H3. The van der Waals surface area contributed by atoms with Gasteiger partial charge in [0.1, 0.15) is 17.6 Å². The predicted molar refractivity (Wildman–Crippen MR) is 72.9 cm³/mol. The molecule has 0 heterocycles. The molecule has 0 radical (unpaired) electrons. The zero-order valence-corrected chi connectivity index (χ0v) is 10.6. The minimum absolute atomic E-state index is 0.0550. The second-order valence-corrected chi connectivity index (χ2v) is 4.11. The third-order valence-corrected chi connectivity index (χ3v) is 2.73. The Morgan fingerprint density at radius 1 is 1.00 bits per heavy atom. The summed E-state index contributed by atoms with van der Waals surface area (Å²) in [6, 6.07) is 15.3. The van der Waals surface area contributed by atoms with E-state index in [0.29, 0.717) is 0 Å². The third-order valence-electron chi connectivity index (χ3n) is 2.73. The molecule has 0 fully saturated rings. The molecule has 18 heavy (non-hydrogen) atoms. The van der Waals surface area contributed by atoms with Crippen molar-refractivity contribution in [3.05, 3.63) is 54.1 Å². The van der Waals surface area contributed by atoms with Crippen LogP contribution in [0.1, 0.15) is 18.6 Å². The van der Waals surface area contributed by atoms with Crippen molar-refractivity contribution in [1.82, 2.24) is 0 Å². The second kappa shape index (κ2) is 5.45. The van der Waals surface area contributed by atoms with Crippen LogP contribution in [0.5, 0.6) is 11.5 Å². The third kappa shape index (κ3) is 2.94. The van der Waals surface area contributed by atoms with Crippen molar-refractivity contribution in [3.8, 4) is 11.5 Å². The lowest BCUT2D eigenvalue weighted by Crippen LogP contribution is -2.03. The molecular weight excluding hydrogens is 226 g/mol. The maximum Gasteiger partial charge on any atom is 0.123 e. The fourth-order valence-corrected chi connectivity index (χ4v) is 1.76. The molecule has 2 rings (SSSR count). The molecule has 0 bridgehead atoms. The molecule has 3 heteroatoms. The van der Waals surface area contributed by atoms with Crippen LogP contribution in [0.2, 0.25) is 0 Å². The van der Waals surface area contributed by atoms with E-state index in [1.807, 2.05) is 55.5 Å². The molecule has 94 valence electrons. The molecule has 0 aliphatic heterocycles. The molecule has 0 spiro atoms. The maximum atomic E-state index is 5.86. The van der Waals surface area contributed by atoms with E-state index in [4.69, 9.17) is 15.2 Å². The summed E-state index contributed by atoms with van der Waals surface area (Å²) in [5.41, 5.74) is 7.56. The van der Waals surface area contributed by atoms with E-state index in [9.17, 15) is 0 Å². The maximum absolute atomic E-state index is 5.86. The molecule has 0 aliphatic rings. The van der Waals surface area contributed by atoms with Crippen molar-refractivity contribution >= 4 is 5.69 Å². The quantitative estimate of drug-likeness (QED) is 0.837. The summed E-state index contributed by atoms with van der Waals surface area (Å²) in [5.74, 6) is 1.57. The van der Waals surface area contributed by atoms with Gasteiger partial charge < -0.3 is 15.2 Å². The first-order valence-electron chi connectivity index (χ1n) is 5.85. The fraction of sp³-hybridized carbons (Fsp3) is 0.200. The van der Waals surface area contributed by atoms with Crippen LogP contribution in [-0.2, 0) is 0 Å². The van der Waals surface area contributed by atoms with Crippen molar-refractivity contribution < 1.29 is 9.47 Å². The van der Waals surface area contributed by atoms with Gasteiger partial charge in [-0.05, 0) is 36.8 Å². The summed E-state index contributed by atoms with van der Waals surface area (Å²) in [4.78, 5) is 0. The highest BCUT2D eigenvalue weighted by atomic mass is 16.5. The summed E-state index contributed by atoms with van der Waals surface area (Å²) >= 11 is 0. The molecule has 2 aromatic carbocycles. The van der Waals surface area contributed by atoms with Gasteiger partial charge in [0.2, 0.25) is 0 Å². The van der Waals surface area contributed by atoms with Gasteiger partial charge in [-0.15, -0.1) is 0 Å². The lowest BCUT2D eigenvalue weighted by molar-refractivity contribution is 0.226. The lowest BCUT2D eigenvalue weighted by Gasteiger charge is -2.16. The summed E-state index contributed by atoms with van der Waals surface area (Å²) in [7, 11) is 1.64. The summed E-state index contributed by atoms with van der Waals surface area (Å²) in [5, 5.41) is 0. The molecule has 2 N–H and O–H groups in total. The zero-order valence-electron chi connectivity index (χ0n) is 10.6. The average molecular weight is 243 g/mol. The van der Waals surface area contributed by atoms with Gasteiger partial charge in [0.25, 0.3) is 0 Å². The molecule has 0 amide bonds. The molecular formula is C15H17NO2. The smallest absolute Gasteiger partial charge is 0.123 e. The largest absolute Gasteiger partial charge is 0.497 e. The first-order valence-corrected chi connectivity index (χ1v) is 5.85. The number of ether oxygens (including phenoxy) is 2. The SMILES string of the molecule is COc1cccc(OC(C)c2cccc(N)c2)c1. The molecule has 3 nitrogen and oxygen atoms in total. The van der Waals surface area contributed by atoms with Gasteiger partial charge >= 0.3 is 0 Å². The highest BCUT2D eigenvalue weighted by Gasteiger charge is 2.07. The molecule has 0 saturated carbocycles. The Morgan fingerprint density at radius 3 is 2.44 bits per heavy atom. The van der Waals surface area contributed by atoms with E-state index in [2.05, 4.69) is 0 Å². The van der Waals surface area contributed by atoms with E-state index < -0.39 is 0 Å². The minimum atomic E-state index is -0.0550. The van der Waals surface area contributed by atoms with Crippen LogP contribution in [0.25, 0.3) is 0 Å². The molecule has 0 saturated heterocycles. The van der Waals surface area contributed by atoms with Gasteiger partial charge in [-0.25, -0.2) is 0 Å². The summed E-state index contributed by atoms with van der Waals surface area (Å²) in [6.45, 7) is 1.99. The van der Waals surface area contributed by atoms with E-state index in [-0.39, 0.29) is 6.10 Å². The van der Waals surface area contributed by atoms with E-state index in [0.717, 1.165) is 22.7 Å². The van der Waals surface area contributed by atoms with E-state index in [1.165, 1.54) is 0 Å². The Hall–Kier alpha value is -2.16. The average Bonchev–Trinajstić information content (AvgIpc) is 2.39. The van der Waals surface area contributed by atoms with Crippen LogP contribution in [-0.4, -0.2) is 7.11 Å². The molecule has 2 aromatic rings. The van der Waals surface area contributed by atoms with Crippen LogP contribution in [0.4, 0.5) is 5.69 Å².